The summed E-state index contributed by atoms with van der Waals surface area (Å²) in [6.07, 6.45) is 3.25. The predicted molar refractivity (Wildman–Crippen MR) is 48.4 cm³/mol. The topological polar surface area (TPSA) is 46.5 Å². The molecular formula is C7H8N4S. The maximum atomic E-state index is 5.09. The Hall–Kier alpha value is -1.23. The third-order valence-electron chi connectivity index (χ3n) is 1.75. The fraction of sp³-hybridized carbons (Fsp3) is 0.286. The lowest BCUT2D eigenvalue weighted by Crippen LogP contribution is -1.94. The van der Waals surface area contributed by atoms with Gasteiger partial charge in [-0.05, 0) is 19.1 Å². The van der Waals surface area contributed by atoms with Gasteiger partial charge in [-0.25, -0.2) is 9.97 Å². The maximum Gasteiger partial charge on any atom is 0.179 e. The van der Waals surface area contributed by atoms with Crippen molar-refractivity contribution in [2.24, 2.45) is 0 Å². The van der Waals surface area contributed by atoms with E-state index in [1.807, 2.05) is 11.5 Å². The van der Waals surface area contributed by atoms with E-state index in [9.17, 15) is 0 Å². The zero-order valence-electron chi connectivity index (χ0n) is 6.61. The maximum absolute atomic E-state index is 5.09. The van der Waals surface area contributed by atoms with Gasteiger partial charge in [0.05, 0.1) is 6.20 Å². The van der Waals surface area contributed by atoms with E-state index >= 15 is 0 Å². The molecule has 0 aliphatic heterocycles. The first kappa shape index (κ1) is 7.42. The standard InChI is InChI=1S/C7H8N4S/c1-2-11-6-5(10-7(11)12)3-8-4-9-6/h3-4H,2H2,1H3,(H,10,12). The lowest BCUT2D eigenvalue weighted by Gasteiger charge is -1.95. The number of aryl methyl sites for hydroxylation is 1. The number of hydrogen-bond donors (Lipinski definition) is 1. The Morgan fingerprint density at radius 1 is 1.67 bits per heavy atom. The molecule has 0 fully saturated rings. The molecule has 0 aliphatic carbocycles. The molecule has 0 amide bonds. The summed E-state index contributed by atoms with van der Waals surface area (Å²) < 4.78 is 2.64. The minimum absolute atomic E-state index is 0.702. The summed E-state index contributed by atoms with van der Waals surface area (Å²) in [7, 11) is 0. The van der Waals surface area contributed by atoms with Crippen molar-refractivity contribution in [3.05, 3.63) is 17.3 Å². The van der Waals surface area contributed by atoms with Crippen LogP contribution in [0.2, 0.25) is 0 Å². The van der Waals surface area contributed by atoms with Crippen LogP contribution in [0.25, 0.3) is 11.2 Å². The normalized spacial score (nSPS) is 10.8. The molecule has 1 N–H and O–H groups in total. The minimum Gasteiger partial charge on any atom is -0.328 e. The van der Waals surface area contributed by atoms with Gasteiger partial charge in [0.15, 0.2) is 10.4 Å². The van der Waals surface area contributed by atoms with E-state index in [0.717, 1.165) is 17.7 Å². The van der Waals surface area contributed by atoms with Gasteiger partial charge in [0, 0.05) is 6.54 Å². The van der Waals surface area contributed by atoms with Gasteiger partial charge < -0.3 is 9.55 Å². The highest BCUT2D eigenvalue weighted by atomic mass is 32.1. The second kappa shape index (κ2) is 2.67. The van der Waals surface area contributed by atoms with Gasteiger partial charge in [-0.3, -0.25) is 0 Å². The van der Waals surface area contributed by atoms with Crippen molar-refractivity contribution in [3.8, 4) is 0 Å². The largest absolute Gasteiger partial charge is 0.328 e. The molecule has 0 saturated heterocycles. The van der Waals surface area contributed by atoms with E-state index in [0.29, 0.717) is 4.77 Å². The second-order valence-electron chi connectivity index (χ2n) is 2.43. The Balaban J connectivity index is 2.91. The summed E-state index contributed by atoms with van der Waals surface area (Å²) in [5.41, 5.74) is 1.77. The molecule has 2 heterocycles. The quantitative estimate of drug-likeness (QED) is 0.676. The molecule has 0 atom stereocenters. The molecular weight excluding hydrogens is 172 g/mol. The van der Waals surface area contributed by atoms with Crippen LogP contribution in [0.5, 0.6) is 0 Å². The Labute approximate surface area is 74.3 Å². The average molecular weight is 180 g/mol. The Morgan fingerprint density at radius 3 is 3.25 bits per heavy atom. The van der Waals surface area contributed by atoms with Crippen LogP contribution in [-0.4, -0.2) is 19.5 Å². The third-order valence-corrected chi connectivity index (χ3v) is 2.07. The molecule has 2 aromatic rings. The highest BCUT2D eigenvalue weighted by Crippen LogP contribution is 2.08. The summed E-state index contributed by atoms with van der Waals surface area (Å²) in [5, 5.41) is 0. The van der Waals surface area contributed by atoms with E-state index in [1.54, 1.807) is 6.20 Å². The first-order valence-corrected chi connectivity index (χ1v) is 4.12. The number of H-pyrrole nitrogens is 1. The predicted octanol–water partition coefficient (Wildman–Crippen LogP) is 1.51. The number of aromatic amines is 1. The van der Waals surface area contributed by atoms with Crippen molar-refractivity contribution in [3.63, 3.8) is 0 Å². The second-order valence-corrected chi connectivity index (χ2v) is 2.82. The van der Waals surface area contributed by atoms with Crippen LogP contribution in [0, 0.1) is 4.77 Å². The molecule has 62 valence electrons. The summed E-state index contributed by atoms with van der Waals surface area (Å²) in [5.74, 6) is 0. The number of rotatable bonds is 1. The number of imidazole rings is 1. The molecule has 12 heavy (non-hydrogen) atoms. The monoisotopic (exact) mass is 180 g/mol. The summed E-state index contributed by atoms with van der Waals surface area (Å²) >= 11 is 5.09. The van der Waals surface area contributed by atoms with Crippen molar-refractivity contribution < 1.29 is 0 Å². The Bertz CT molecular complexity index is 456. The Kier molecular flexibility index (Phi) is 1.65. The van der Waals surface area contributed by atoms with Crippen LogP contribution in [0.1, 0.15) is 6.92 Å². The van der Waals surface area contributed by atoms with Crippen molar-refractivity contribution in [1.29, 1.82) is 0 Å². The van der Waals surface area contributed by atoms with E-state index in [4.69, 9.17) is 12.2 Å². The van der Waals surface area contributed by atoms with Crippen LogP contribution in [0.15, 0.2) is 12.5 Å². The Morgan fingerprint density at radius 2 is 2.50 bits per heavy atom. The lowest BCUT2D eigenvalue weighted by molar-refractivity contribution is 0.765. The van der Waals surface area contributed by atoms with Crippen molar-refractivity contribution in [2.45, 2.75) is 13.5 Å². The highest BCUT2D eigenvalue weighted by molar-refractivity contribution is 7.71. The van der Waals surface area contributed by atoms with Crippen molar-refractivity contribution in [1.82, 2.24) is 19.5 Å². The molecule has 0 spiro atoms. The van der Waals surface area contributed by atoms with E-state index in [2.05, 4.69) is 15.0 Å². The van der Waals surface area contributed by atoms with E-state index in [1.165, 1.54) is 6.33 Å². The highest BCUT2D eigenvalue weighted by Gasteiger charge is 2.01. The van der Waals surface area contributed by atoms with Gasteiger partial charge in [-0.15, -0.1) is 0 Å². The zero-order chi connectivity index (χ0) is 8.55. The van der Waals surface area contributed by atoms with Crippen molar-refractivity contribution >= 4 is 23.4 Å². The van der Waals surface area contributed by atoms with Gasteiger partial charge in [-0.2, -0.15) is 0 Å². The molecule has 0 aromatic carbocycles. The summed E-state index contributed by atoms with van der Waals surface area (Å²) in [6, 6.07) is 0. The molecule has 4 nitrogen and oxygen atoms in total. The number of aromatic nitrogens is 4. The third kappa shape index (κ3) is 0.937. The molecule has 0 unspecified atom stereocenters. The van der Waals surface area contributed by atoms with Crippen LogP contribution >= 0.6 is 12.2 Å². The smallest absolute Gasteiger partial charge is 0.179 e. The molecule has 0 bridgehead atoms. The molecule has 2 rings (SSSR count). The summed E-state index contributed by atoms with van der Waals surface area (Å²) in [6.45, 7) is 2.86. The number of nitrogens with one attached hydrogen (secondary N) is 1. The lowest BCUT2D eigenvalue weighted by atomic mass is 10.5. The first-order chi connectivity index (χ1) is 5.83. The summed E-state index contributed by atoms with van der Waals surface area (Å²) in [4.78, 5) is 11.1. The van der Waals surface area contributed by atoms with Gasteiger partial charge in [0.2, 0.25) is 0 Å². The first-order valence-electron chi connectivity index (χ1n) is 3.71. The average Bonchev–Trinajstić information content (AvgIpc) is 2.40. The van der Waals surface area contributed by atoms with Gasteiger partial charge in [0.25, 0.3) is 0 Å². The SMILES string of the molecule is CCn1c(=S)[nH]c2cncnc21. The number of fused-ring (bicyclic) bond motifs is 1. The van der Waals surface area contributed by atoms with E-state index in [-0.39, 0.29) is 0 Å². The van der Waals surface area contributed by atoms with Crippen LogP contribution < -0.4 is 0 Å². The van der Waals surface area contributed by atoms with Crippen LogP contribution in [-0.2, 0) is 6.54 Å². The molecule has 5 heteroatoms. The van der Waals surface area contributed by atoms with Crippen molar-refractivity contribution in [2.75, 3.05) is 0 Å². The fourth-order valence-corrected chi connectivity index (χ4v) is 1.52. The number of nitrogens with zero attached hydrogens (tertiary/aromatic N) is 3. The molecule has 0 radical (unpaired) electrons. The molecule has 2 aromatic heterocycles. The minimum atomic E-state index is 0.702. The number of hydrogen-bond acceptors (Lipinski definition) is 3. The van der Waals surface area contributed by atoms with Gasteiger partial charge in [0.1, 0.15) is 11.8 Å². The molecule has 0 saturated carbocycles. The van der Waals surface area contributed by atoms with Gasteiger partial charge >= 0.3 is 0 Å². The van der Waals surface area contributed by atoms with Gasteiger partial charge in [-0.1, -0.05) is 0 Å². The van der Waals surface area contributed by atoms with Crippen LogP contribution in [0.4, 0.5) is 0 Å². The molecule has 0 aliphatic rings. The van der Waals surface area contributed by atoms with Crippen LogP contribution in [0.3, 0.4) is 0 Å². The fourth-order valence-electron chi connectivity index (χ4n) is 1.20. The zero-order valence-corrected chi connectivity index (χ0v) is 7.43. The van der Waals surface area contributed by atoms with E-state index < -0.39 is 0 Å².